The monoisotopic (exact) mass is 587 g/mol. The summed E-state index contributed by atoms with van der Waals surface area (Å²) >= 11 is 0. The van der Waals surface area contributed by atoms with Gasteiger partial charge in [0.25, 0.3) is 5.91 Å². The minimum absolute atomic E-state index is 0.00107. The number of fused-ring (bicyclic) bond motifs is 1. The summed E-state index contributed by atoms with van der Waals surface area (Å²) in [6.07, 6.45) is 11.9. The molecule has 43 heavy (non-hydrogen) atoms. The Bertz CT molecular complexity index is 1380. The van der Waals surface area contributed by atoms with Crippen molar-refractivity contribution in [2.75, 3.05) is 6.61 Å². The maximum Gasteiger partial charge on any atom is 0.252 e. The highest BCUT2D eigenvalue weighted by Crippen LogP contribution is 2.36. The van der Waals surface area contributed by atoms with Crippen molar-refractivity contribution in [3.63, 3.8) is 0 Å². The first-order valence-electron chi connectivity index (χ1n) is 15.9. The molecular formula is C35H45N3O5. The molecule has 2 atom stereocenters. The predicted molar refractivity (Wildman–Crippen MR) is 166 cm³/mol. The van der Waals surface area contributed by atoms with Crippen LogP contribution in [-0.4, -0.2) is 41.6 Å². The van der Waals surface area contributed by atoms with Crippen molar-refractivity contribution in [1.82, 2.24) is 4.98 Å². The number of aromatic nitrogens is 1. The molecule has 1 heterocycles. The van der Waals surface area contributed by atoms with Crippen LogP contribution in [0.4, 0.5) is 0 Å². The number of benzene rings is 1. The number of carbonyl (C=O) groups is 2. The molecule has 2 N–H and O–H groups in total. The lowest BCUT2D eigenvalue weighted by atomic mass is 9.87. The van der Waals surface area contributed by atoms with Crippen molar-refractivity contribution in [2.24, 2.45) is 17.6 Å². The molecule has 0 radical (unpaired) electrons. The zero-order chi connectivity index (χ0) is 30.8. The highest BCUT2D eigenvalue weighted by Gasteiger charge is 2.25. The molecule has 8 heteroatoms. The van der Waals surface area contributed by atoms with E-state index in [-0.39, 0.29) is 30.3 Å². The Morgan fingerprint density at radius 3 is 2.53 bits per heavy atom. The minimum Gasteiger partial charge on any atom is -0.490 e. The van der Waals surface area contributed by atoms with Gasteiger partial charge < -0.3 is 19.9 Å². The zero-order valence-electron chi connectivity index (χ0n) is 25.8. The van der Waals surface area contributed by atoms with E-state index in [2.05, 4.69) is 11.8 Å². The SMILES string of the molecule is CCO[C@H]1CC[C@H](C#Cc2cnc(O[C@@H]3CCCCC(CCC(=O)CC#N)C3)c3cc(OC(C)C)c(C(N)=O)cc23)CC1. The Morgan fingerprint density at radius 2 is 1.84 bits per heavy atom. The maximum absolute atomic E-state index is 12.5. The van der Waals surface area contributed by atoms with Crippen LogP contribution in [0.3, 0.4) is 0 Å². The van der Waals surface area contributed by atoms with Crippen LogP contribution in [0.25, 0.3) is 10.8 Å². The number of hydrogen-bond acceptors (Lipinski definition) is 7. The van der Waals surface area contributed by atoms with E-state index in [0.717, 1.165) is 87.2 Å². The number of pyridine rings is 1. The molecule has 0 bridgehead atoms. The van der Waals surface area contributed by atoms with Crippen molar-refractivity contribution in [1.29, 1.82) is 5.26 Å². The average Bonchev–Trinajstić information content (AvgIpc) is 3.21. The third-order valence-electron chi connectivity index (χ3n) is 8.44. The molecule has 1 unspecified atom stereocenters. The normalized spacial score (nSPS) is 22.2. The van der Waals surface area contributed by atoms with Gasteiger partial charge >= 0.3 is 0 Å². The van der Waals surface area contributed by atoms with Gasteiger partial charge in [-0.3, -0.25) is 9.59 Å². The summed E-state index contributed by atoms with van der Waals surface area (Å²) in [6.45, 7) is 6.58. The Balaban J connectivity index is 1.64. The summed E-state index contributed by atoms with van der Waals surface area (Å²) in [5.41, 5.74) is 6.82. The van der Waals surface area contributed by atoms with E-state index >= 15 is 0 Å². The lowest BCUT2D eigenvalue weighted by molar-refractivity contribution is -0.118. The van der Waals surface area contributed by atoms with Gasteiger partial charge in [-0.15, -0.1) is 0 Å². The first-order valence-corrected chi connectivity index (χ1v) is 15.9. The minimum atomic E-state index is -0.567. The van der Waals surface area contributed by atoms with E-state index in [1.807, 2.05) is 32.9 Å². The number of nitriles is 1. The third-order valence-corrected chi connectivity index (χ3v) is 8.44. The first kappa shape index (κ1) is 32.3. The summed E-state index contributed by atoms with van der Waals surface area (Å²) in [4.78, 5) is 29.2. The van der Waals surface area contributed by atoms with Crippen molar-refractivity contribution >= 4 is 22.5 Å². The number of rotatable bonds is 11. The number of ether oxygens (including phenoxy) is 3. The first-order chi connectivity index (χ1) is 20.8. The second kappa shape index (κ2) is 15.7. The molecule has 0 spiro atoms. The average molecular weight is 588 g/mol. The Morgan fingerprint density at radius 1 is 1.07 bits per heavy atom. The Hall–Kier alpha value is -3.62. The number of primary amides is 1. The summed E-state index contributed by atoms with van der Waals surface area (Å²) in [5.74, 6) is 7.76. The van der Waals surface area contributed by atoms with E-state index in [4.69, 9.17) is 30.2 Å². The van der Waals surface area contributed by atoms with Crippen LogP contribution in [0.15, 0.2) is 18.3 Å². The van der Waals surface area contributed by atoms with Crippen LogP contribution in [0.5, 0.6) is 11.6 Å². The van der Waals surface area contributed by atoms with Crippen LogP contribution in [0, 0.1) is 35.0 Å². The van der Waals surface area contributed by atoms with Crippen LogP contribution in [-0.2, 0) is 9.53 Å². The van der Waals surface area contributed by atoms with Gasteiger partial charge in [-0.1, -0.05) is 24.7 Å². The van der Waals surface area contributed by atoms with Gasteiger partial charge in [-0.05, 0) is 90.2 Å². The van der Waals surface area contributed by atoms with E-state index in [0.29, 0.717) is 35.6 Å². The van der Waals surface area contributed by atoms with Crippen LogP contribution < -0.4 is 15.2 Å². The molecule has 2 aromatic rings. The van der Waals surface area contributed by atoms with Crippen LogP contribution in [0.2, 0.25) is 0 Å². The summed E-state index contributed by atoms with van der Waals surface area (Å²) in [5, 5.41) is 10.3. The van der Waals surface area contributed by atoms with Crippen molar-refractivity contribution in [3.05, 3.63) is 29.5 Å². The smallest absolute Gasteiger partial charge is 0.252 e. The van der Waals surface area contributed by atoms with Gasteiger partial charge in [0.1, 0.15) is 17.6 Å². The second-order valence-corrected chi connectivity index (χ2v) is 12.1. The zero-order valence-corrected chi connectivity index (χ0v) is 25.8. The molecule has 0 saturated heterocycles. The van der Waals surface area contributed by atoms with Gasteiger partial charge in [0.2, 0.25) is 5.88 Å². The Kier molecular flexibility index (Phi) is 11.8. The quantitative estimate of drug-likeness (QED) is 0.230. The van der Waals surface area contributed by atoms with Crippen molar-refractivity contribution in [3.8, 4) is 29.5 Å². The topological polar surface area (TPSA) is 125 Å². The van der Waals surface area contributed by atoms with Gasteiger partial charge in [0.15, 0.2) is 0 Å². The van der Waals surface area contributed by atoms with Crippen molar-refractivity contribution < 1.29 is 23.8 Å². The highest BCUT2D eigenvalue weighted by atomic mass is 16.5. The number of amides is 1. The molecule has 230 valence electrons. The fraction of sp³-hybridized carbons (Fsp3) is 0.600. The van der Waals surface area contributed by atoms with Crippen LogP contribution in [0.1, 0.15) is 114 Å². The number of carbonyl (C=O) groups excluding carboxylic acids is 2. The molecule has 2 aliphatic carbocycles. The lowest BCUT2D eigenvalue weighted by Crippen LogP contribution is -2.21. The molecule has 8 nitrogen and oxygen atoms in total. The van der Waals surface area contributed by atoms with Crippen LogP contribution >= 0.6 is 0 Å². The fourth-order valence-corrected chi connectivity index (χ4v) is 6.25. The summed E-state index contributed by atoms with van der Waals surface area (Å²) in [6, 6.07) is 5.53. The molecule has 2 fully saturated rings. The van der Waals surface area contributed by atoms with E-state index in [9.17, 15) is 9.59 Å². The molecular weight excluding hydrogens is 542 g/mol. The number of nitrogens with two attached hydrogens (primary N) is 1. The second-order valence-electron chi connectivity index (χ2n) is 12.1. The molecule has 0 aliphatic heterocycles. The lowest BCUT2D eigenvalue weighted by Gasteiger charge is -2.25. The standard InChI is InChI=1S/C35H45N3O5/c1-4-41-28-15-11-24(12-16-28)9-13-26-22-38-35(31-21-33(42-23(2)3)32(34(37)40)20-30(26)31)43-29-8-6-5-7-25(19-29)10-14-27(39)17-18-36/h20-25,28-29H,4-8,10-12,14-17,19H2,1-3H3,(H2,37,40)/t24-,25?,28-,29-/m1/s1. The molecule has 2 saturated carbocycles. The largest absolute Gasteiger partial charge is 0.490 e. The maximum atomic E-state index is 12.5. The molecule has 1 aromatic carbocycles. The molecule has 1 aromatic heterocycles. The molecule has 1 amide bonds. The molecule has 2 aliphatic rings. The molecule has 4 rings (SSSR count). The van der Waals surface area contributed by atoms with E-state index in [1.165, 1.54) is 0 Å². The summed E-state index contributed by atoms with van der Waals surface area (Å²) < 4.78 is 18.4. The fourth-order valence-electron chi connectivity index (χ4n) is 6.25. The highest BCUT2D eigenvalue weighted by molar-refractivity contribution is 6.03. The van der Waals surface area contributed by atoms with Crippen molar-refractivity contribution in [2.45, 2.75) is 116 Å². The van der Waals surface area contributed by atoms with E-state index in [1.54, 1.807) is 12.3 Å². The number of nitrogens with zero attached hydrogens (tertiary/aromatic N) is 2. The Labute approximate surface area is 255 Å². The van der Waals surface area contributed by atoms with Gasteiger partial charge in [-0.25, -0.2) is 4.98 Å². The predicted octanol–water partition coefficient (Wildman–Crippen LogP) is 6.66. The van der Waals surface area contributed by atoms with Gasteiger partial charge in [0, 0.05) is 35.9 Å². The number of Topliss-reactive ketones (excluding diaryl/α,β-unsaturated/α-hetero) is 1. The van der Waals surface area contributed by atoms with Gasteiger partial charge in [-0.2, -0.15) is 5.26 Å². The van der Waals surface area contributed by atoms with Gasteiger partial charge in [0.05, 0.1) is 35.8 Å². The third kappa shape index (κ3) is 9.18. The number of ketones is 1. The van der Waals surface area contributed by atoms with E-state index < -0.39 is 5.91 Å². The summed E-state index contributed by atoms with van der Waals surface area (Å²) in [7, 11) is 0. The number of hydrogen-bond donors (Lipinski definition) is 1.